The van der Waals surface area contributed by atoms with Gasteiger partial charge in [0.05, 0.1) is 22.5 Å². The van der Waals surface area contributed by atoms with E-state index in [2.05, 4.69) is 10.4 Å². The van der Waals surface area contributed by atoms with Gasteiger partial charge in [-0.25, -0.2) is 4.90 Å². The number of aromatic nitrogens is 2. The van der Waals surface area contributed by atoms with Gasteiger partial charge in [0.25, 0.3) is 17.7 Å². The molecule has 0 saturated heterocycles. The van der Waals surface area contributed by atoms with Crippen LogP contribution in [-0.2, 0) is 13.1 Å². The van der Waals surface area contributed by atoms with Crippen LogP contribution in [-0.4, -0.2) is 27.5 Å². The van der Waals surface area contributed by atoms with E-state index in [4.69, 9.17) is 0 Å². The van der Waals surface area contributed by atoms with Crippen molar-refractivity contribution in [1.82, 2.24) is 15.1 Å². The average molecular weight is 388 g/mol. The molecule has 3 aromatic rings. The normalized spacial score (nSPS) is 13.0. The first-order valence-corrected chi connectivity index (χ1v) is 9.38. The highest BCUT2D eigenvalue weighted by Gasteiger charge is 2.36. The number of nitrogens with zero attached hydrogens (tertiary/aromatic N) is 3. The van der Waals surface area contributed by atoms with Gasteiger partial charge in [-0.2, -0.15) is 5.10 Å². The number of hydrogen-bond acceptors (Lipinski definition) is 4. The molecule has 0 saturated carbocycles. The van der Waals surface area contributed by atoms with E-state index in [1.807, 2.05) is 24.7 Å². The number of aryl methyl sites for hydroxylation is 2. The average Bonchev–Trinajstić information content (AvgIpc) is 3.23. The second-order valence-corrected chi connectivity index (χ2v) is 6.82. The molecule has 3 amide bonds. The molecule has 1 N–H and O–H groups in total. The minimum Gasteiger partial charge on any atom is -0.348 e. The molecule has 2 aromatic carbocycles. The number of anilines is 1. The van der Waals surface area contributed by atoms with Crippen LogP contribution in [0.5, 0.6) is 0 Å². The molecular weight excluding hydrogens is 368 g/mol. The zero-order valence-electron chi connectivity index (χ0n) is 16.2. The number of rotatable bonds is 5. The third kappa shape index (κ3) is 3.31. The SMILES string of the molecule is CCn1cc(CNC(=O)c2cccc(N3C(=O)c4ccccc4C3=O)c2)c(C)n1. The third-order valence-corrected chi connectivity index (χ3v) is 4.97. The summed E-state index contributed by atoms with van der Waals surface area (Å²) in [5, 5.41) is 7.24. The van der Waals surface area contributed by atoms with Crippen molar-refractivity contribution in [2.75, 3.05) is 4.90 Å². The van der Waals surface area contributed by atoms with E-state index >= 15 is 0 Å². The molecule has 0 radical (unpaired) electrons. The summed E-state index contributed by atoms with van der Waals surface area (Å²) in [6.45, 7) is 5.01. The van der Waals surface area contributed by atoms with Crippen LogP contribution >= 0.6 is 0 Å². The van der Waals surface area contributed by atoms with Crippen LogP contribution < -0.4 is 10.2 Å². The van der Waals surface area contributed by atoms with Gasteiger partial charge < -0.3 is 5.32 Å². The van der Waals surface area contributed by atoms with E-state index in [0.29, 0.717) is 28.9 Å². The van der Waals surface area contributed by atoms with Gasteiger partial charge in [-0.1, -0.05) is 18.2 Å². The molecule has 1 aromatic heterocycles. The van der Waals surface area contributed by atoms with Gasteiger partial charge in [0.2, 0.25) is 0 Å². The summed E-state index contributed by atoms with van der Waals surface area (Å²) in [6, 6.07) is 13.2. The first-order valence-electron chi connectivity index (χ1n) is 9.38. The highest BCUT2D eigenvalue weighted by atomic mass is 16.2. The molecule has 29 heavy (non-hydrogen) atoms. The van der Waals surface area contributed by atoms with Crippen LogP contribution in [0.25, 0.3) is 0 Å². The fraction of sp³-hybridized carbons (Fsp3) is 0.182. The molecule has 2 heterocycles. The molecule has 1 aliphatic heterocycles. The summed E-state index contributed by atoms with van der Waals surface area (Å²) in [7, 11) is 0. The van der Waals surface area contributed by atoms with Gasteiger partial charge in [-0.15, -0.1) is 0 Å². The lowest BCUT2D eigenvalue weighted by Crippen LogP contribution is -2.30. The molecule has 0 spiro atoms. The molecule has 0 fully saturated rings. The Morgan fingerprint density at radius 2 is 1.72 bits per heavy atom. The zero-order valence-corrected chi connectivity index (χ0v) is 16.2. The summed E-state index contributed by atoms with van der Waals surface area (Å²) in [5.41, 5.74) is 3.30. The van der Waals surface area contributed by atoms with E-state index in [1.165, 1.54) is 0 Å². The van der Waals surface area contributed by atoms with Gasteiger partial charge in [-0.3, -0.25) is 19.1 Å². The monoisotopic (exact) mass is 388 g/mol. The molecule has 0 unspecified atom stereocenters. The van der Waals surface area contributed by atoms with E-state index < -0.39 is 0 Å². The number of fused-ring (bicyclic) bond motifs is 1. The Hall–Kier alpha value is -3.74. The van der Waals surface area contributed by atoms with Crippen LogP contribution in [0.15, 0.2) is 54.7 Å². The number of nitrogens with one attached hydrogen (secondary N) is 1. The van der Waals surface area contributed by atoms with Crippen molar-refractivity contribution in [3.63, 3.8) is 0 Å². The number of carbonyl (C=O) groups is 3. The molecule has 0 aliphatic carbocycles. The van der Waals surface area contributed by atoms with Crippen molar-refractivity contribution in [3.05, 3.63) is 82.7 Å². The van der Waals surface area contributed by atoms with Gasteiger partial charge in [0, 0.05) is 30.4 Å². The van der Waals surface area contributed by atoms with Gasteiger partial charge in [-0.05, 0) is 44.2 Å². The van der Waals surface area contributed by atoms with E-state index in [9.17, 15) is 14.4 Å². The summed E-state index contributed by atoms with van der Waals surface area (Å²) in [6.07, 6.45) is 1.91. The molecular formula is C22H20N4O3. The number of benzene rings is 2. The Labute approximate surface area is 167 Å². The molecule has 0 bridgehead atoms. The number of imide groups is 1. The standard InChI is InChI=1S/C22H20N4O3/c1-3-25-13-16(14(2)24-25)12-23-20(27)15-7-6-8-17(11-15)26-21(28)18-9-4-5-10-19(18)22(26)29/h4-11,13H,3,12H2,1-2H3,(H,23,27). The molecule has 7 heteroatoms. The first kappa shape index (κ1) is 18.6. The second-order valence-electron chi connectivity index (χ2n) is 6.82. The van der Waals surface area contributed by atoms with E-state index in [-0.39, 0.29) is 17.7 Å². The first-order chi connectivity index (χ1) is 14.0. The maximum Gasteiger partial charge on any atom is 0.266 e. The Bertz CT molecular complexity index is 1100. The predicted molar refractivity (Wildman–Crippen MR) is 108 cm³/mol. The fourth-order valence-electron chi connectivity index (χ4n) is 3.38. The Morgan fingerprint density at radius 3 is 2.34 bits per heavy atom. The zero-order chi connectivity index (χ0) is 20.5. The van der Waals surface area contributed by atoms with Crippen molar-refractivity contribution in [2.45, 2.75) is 26.9 Å². The molecule has 146 valence electrons. The maximum atomic E-state index is 12.7. The smallest absolute Gasteiger partial charge is 0.266 e. The van der Waals surface area contributed by atoms with Crippen LogP contribution in [0.4, 0.5) is 5.69 Å². The van der Waals surface area contributed by atoms with Gasteiger partial charge >= 0.3 is 0 Å². The summed E-state index contributed by atoms with van der Waals surface area (Å²) < 4.78 is 1.82. The number of hydrogen-bond donors (Lipinski definition) is 1. The van der Waals surface area contributed by atoms with Crippen LogP contribution in [0, 0.1) is 6.92 Å². The van der Waals surface area contributed by atoms with Crippen molar-refractivity contribution in [3.8, 4) is 0 Å². The quantitative estimate of drug-likeness (QED) is 0.681. The largest absolute Gasteiger partial charge is 0.348 e. The maximum absolute atomic E-state index is 12.7. The topological polar surface area (TPSA) is 84.3 Å². The third-order valence-electron chi connectivity index (χ3n) is 4.97. The van der Waals surface area contributed by atoms with Crippen LogP contribution in [0.2, 0.25) is 0 Å². The number of amides is 3. The minimum atomic E-state index is -0.384. The minimum absolute atomic E-state index is 0.285. The highest BCUT2D eigenvalue weighted by Crippen LogP contribution is 2.28. The van der Waals surface area contributed by atoms with Gasteiger partial charge in [0.1, 0.15) is 0 Å². The fourth-order valence-corrected chi connectivity index (χ4v) is 3.38. The molecule has 4 rings (SSSR count). The number of carbonyl (C=O) groups excluding carboxylic acids is 3. The van der Waals surface area contributed by atoms with Crippen molar-refractivity contribution in [2.24, 2.45) is 0 Å². The highest BCUT2D eigenvalue weighted by molar-refractivity contribution is 6.34. The summed E-state index contributed by atoms with van der Waals surface area (Å²) >= 11 is 0. The Balaban J connectivity index is 1.53. The van der Waals surface area contributed by atoms with E-state index in [0.717, 1.165) is 22.7 Å². The molecule has 7 nitrogen and oxygen atoms in total. The Kier molecular flexibility index (Phi) is 4.72. The van der Waals surface area contributed by atoms with E-state index in [1.54, 1.807) is 48.5 Å². The predicted octanol–water partition coefficient (Wildman–Crippen LogP) is 2.94. The molecule has 1 aliphatic rings. The van der Waals surface area contributed by atoms with Crippen LogP contribution in [0.1, 0.15) is 49.3 Å². The summed E-state index contributed by atoms with van der Waals surface area (Å²) in [4.78, 5) is 39.1. The van der Waals surface area contributed by atoms with Crippen molar-refractivity contribution in [1.29, 1.82) is 0 Å². The van der Waals surface area contributed by atoms with Crippen LogP contribution in [0.3, 0.4) is 0 Å². The van der Waals surface area contributed by atoms with Gasteiger partial charge in [0.15, 0.2) is 0 Å². The lowest BCUT2D eigenvalue weighted by atomic mass is 10.1. The summed E-state index contributed by atoms with van der Waals surface area (Å²) in [5.74, 6) is -1.05. The molecule has 0 atom stereocenters. The second kappa shape index (κ2) is 7.35. The van der Waals surface area contributed by atoms with Crippen molar-refractivity contribution < 1.29 is 14.4 Å². The lowest BCUT2D eigenvalue weighted by molar-refractivity contribution is 0.0919. The Morgan fingerprint density at radius 1 is 1.03 bits per heavy atom. The lowest BCUT2D eigenvalue weighted by Gasteiger charge is -2.15. The van der Waals surface area contributed by atoms with Crippen molar-refractivity contribution >= 4 is 23.4 Å².